The average molecular weight is 419 g/mol. The zero-order valence-corrected chi connectivity index (χ0v) is 17.0. The molecule has 162 valence electrons. The molecule has 0 aromatic carbocycles. The molecule has 2 aromatic rings. The van der Waals surface area contributed by atoms with Gasteiger partial charge in [-0.2, -0.15) is 0 Å². The fraction of sp³-hybridized carbons (Fsp3) is 0.450. The molecule has 0 saturated heterocycles. The van der Waals surface area contributed by atoms with Crippen molar-refractivity contribution in [2.75, 3.05) is 11.9 Å². The smallest absolute Gasteiger partial charge is 0.433 e. The van der Waals surface area contributed by atoms with Crippen molar-refractivity contribution < 1.29 is 28.1 Å². The second-order valence-corrected chi connectivity index (χ2v) is 6.60. The summed E-state index contributed by atoms with van der Waals surface area (Å²) < 4.78 is 15.6. The van der Waals surface area contributed by atoms with Gasteiger partial charge in [-0.05, 0) is 12.5 Å². The van der Waals surface area contributed by atoms with Gasteiger partial charge in [-0.1, -0.05) is 39.0 Å². The number of unbranched alkanes of at least 4 members (excludes halogenated alkanes) is 5. The molecule has 0 bridgehead atoms. The highest BCUT2D eigenvalue weighted by Gasteiger charge is 2.19. The number of ether oxygens (including phenoxy) is 1. The van der Waals surface area contributed by atoms with Crippen molar-refractivity contribution in [3.05, 3.63) is 39.8 Å². The standard InChI is InChI=1S/C20H25N3O7/c1-3-4-5-6-7-8-11-28-20(25)17-12-16(19(30-17)22-14(2)24)21-13-15-9-10-18(29-15)23(26)27/h9-10,12-13H,3-8,11H2,1-2H3,(H,22,24). The van der Waals surface area contributed by atoms with E-state index in [0.717, 1.165) is 19.3 Å². The molecule has 0 radical (unpaired) electrons. The predicted molar refractivity (Wildman–Crippen MR) is 109 cm³/mol. The predicted octanol–water partition coefficient (Wildman–Crippen LogP) is 5.01. The van der Waals surface area contributed by atoms with Gasteiger partial charge in [-0.3, -0.25) is 20.2 Å². The summed E-state index contributed by atoms with van der Waals surface area (Å²) in [5, 5.41) is 13.1. The van der Waals surface area contributed by atoms with E-state index in [0.29, 0.717) is 0 Å². The van der Waals surface area contributed by atoms with Crippen molar-refractivity contribution in [2.24, 2.45) is 4.99 Å². The van der Waals surface area contributed by atoms with Crippen LogP contribution in [0.1, 0.15) is 68.7 Å². The minimum Gasteiger partial charge on any atom is -0.460 e. The molecule has 0 spiro atoms. The lowest BCUT2D eigenvalue weighted by molar-refractivity contribution is -0.402. The molecule has 2 rings (SSSR count). The Morgan fingerprint density at radius 1 is 1.20 bits per heavy atom. The van der Waals surface area contributed by atoms with Crippen LogP contribution in [0, 0.1) is 10.1 Å². The minimum atomic E-state index is -0.671. The first-order chi connectivity index (χ1) is 14.4. The Labute approximate surface area is 173 Å². The van der Waals surface area contributed by atoms with Gasteiger partial charge in [0.05, 0.1) is 18.9 Å². The van der Waals surface area contributed by atoms with Crippen LogP contribution in [0.4, 0.5) is 17.5 Å². The first-order valence-electron chi connectivity index (χ1n) is 9.77. The number of carbonyl (C=O) groups excluding carboxylic acids is 2. The van der Waals surface area contributed by atoms with Gasteiger partial charge in [-0.25, -0.2) is 9.79 Å². The molecule has 30 heavy (non-hydrogen) atoms. The SMILES string of the molecule is CCCCCCCCOC(=O)c1cc(N=Cc2ccc([N+](=O)[O-])o2)c(NC(C)=O)o1. The number of carbonyl (C=O) groups is 2. The number of hydrogen-bond donors (Lipinski definition) is 1. The monoisotopic (exact) mass is 419 g/mol. The highest BCUT2D eigenvalue weighted by molar-refractivity contribution is 5.94. The van der Waals surface area contributed by atoms with E-state index in [1.54, 1.807) is 0 Å². The number of esters is 1. The molecule has 2 heterocycles. The summed E-state index contributed by atoms with van der Waals surface area (Å²) in [6.45, 7) is 3.70. The Kier molecular flexibility index (Phi) is 8.79. The molecule has 0 fully saturated rings. The highest BCUT2D eigenvalue weighted by Crippen LogP contribution is 2.30. The molecule has 1 amide bonds. The van der Waals surface area contributed by atoms with Crippen molar-refractivity contribution in [3.63, 3.8) is 0 Å². The van der Waals surface area contributed by atoms with Gasteiger partial charge in [0.15, 0.2) is 5.76 Å². The molecule has 10 nitrogen and oxygen atoms in total. The lowest BCUT2D eigenvalue weighted by Crippen LogP contribution is -2.06. The zero-order valence-electron chi connectivity index (χ0n) is 17.0. The van der Waals surface area contributed by atoms with Crippen LogP contribution in [-0.4, -0.2) is 29.6 Å². The molecule has 2 aromatic heterocycles. The summed E-state index contributed by atoms with van der Waals surface area (Å²) in [5.74, 6) is -1.52. The molecule has 0 atom stereocenters. The lowest BCUT2D eigenvalue weighted by Gasteiger charge is -2.03. The van der Waals surface area contributed by atoms with Gasteiger partial charge in [0.1, 0.15) is 10.6 Å². The number of nitrogens with one attached hydrogen (secondary N) is 1. The largest absolute Gasteiger partial charge is 0.460 e. The third-order valence-electron chi connectivity index (χ3n) is 4.06. The topological polar surface area (TPSA) is 137 Å². The number of amides is 1. The van der Waals surface area contributed by atoms with E-state index in [1.165, 1.54) is 50.6 Å². The average Bonchev–Trinajstić information content (AvgIpc) is 3.32. The molecule has 0 aliphatic carbocycles. The van der Waals surface area contributed by atoms with E-state index in [4.69, 9.17) is 13.6 Å². The Morgan fingerprint density at radius 2 is 1.93 bits per heavy atom. The number of rotatable bonds is 12. The summed E-state index contributed by atoms with van der Waals surface area (Å²) in [7, 11) is 0. The van der Waals surface area contributed by atoms with Crippen LogP contribution in [0.2, 0.25) is 0 Å². The Hall–Kier alpha value is -3.43. The third kappa shape index (κ3) is 7.19. The highest BCUT2D eigenvalue weighted by atomic mass is 16.6. The third-order valence-corrected chi connectivity index (χ3v) is 4.06. The van der Waals surface area contributed by atoms with Gasteiger partial charge >= 0.3 is 11.9 Å². The molecular formula is C20H25N3O7. The molecule has 1 N–H and O–H groups in total. The summed E-state index contributed by atoms with van der Waals surface area (Å²) in [6.07, 6.45) is 7.60. The van der Waals surface area contributed by atoms with Gasteiger partial charge in [0.25, 0.3) is 0 Å². The van der Waals surface area contributed by atoms with Crippen LogP contribution in [0.3, 0.4) is 0 Å². The van der Waals surface area contributed by atoms with Gasteiger partial charge in [0, 0.05) is 13.0 Å². The van der Waals surface area contributed by atoms with Crippen molar-refractivity contribution in [2.45, 2.75) is 52.4 Å². The van der Waals surface area contributed by atoms with Crippen molar-refractivity contribution in [1.29, 1.82) is 0 Å². The number of aliphatic imine (C=N–C) groups is 1. The van der Waals surface area contributed by atoms with Gasteiger partial charge < -0.3 is 13.6 Å². The number of nitrogens with zero attached hydrogens (tertiary/aromatic N) is 2. The van der Waals surface area contributed by atoms with E-state index in [1.807, 2.05) is 0 Å². The lowest BCUT2D eigenvalue weighted by atomic mass is 10.1. The summed E-state index contributed by atoms with van der Waals surface area (Å²) in [5.41, 5.74) is 0.149. The first-order valence-corrected chi connectivity index (χ1v) is 9.77. The fourth-order valence-corrected chi connectivity index (χ4v) is 2.59. The first kappa shape index (κ1) is 22.9. The van der Waals surface area contributed by atoms with E-state index in [2.05, 4.69) is 17.2 Å². The molecule has 10 heteroatoms. The van der Waals surface area contributed by atoms with Crippen LogP contribution in [0.15, 0.2) is 32.0 Å². The second kappa shape index (κ2) is 11.5. The number of hydrogen-bond acceptors (Lipinski definition) is 8. The maximum absolute atomic E-state index is 12.2. The van der Waals surface area contributed by atoms with E-state index >= 15 is 0 Å². The maximum atomic E-state index is 12.2. The Balaban J connectivity index is 2.00. The van der Waals surface area contributed by atoms with Gasteiger partial charge in [-0.15, -0.1) is 0 Å². The summed E-state index contributed by atoms with van der Waals surface area (Å²) in [4.78, 5) is 37.7. The van der Waals surface area contributed by atoms with Crippen molar-refractivity contribution in [3.8, 4) is 0 Å². The second-order valence-electron chi connectivity index (χ2n) is 6.60. The molecule has 0 aliphatic rings. The Bertz CT molecular complexity index is 898. The fourth-order valence-electron chi connectivity index (χ4n) is 2.59. The quantitative estimate of drug-likeness (QED) is 0.168. The van der Waals surface area contributed by atoms with Crippen molar-refractivity contribution in [1.82, 2.24) is 0 Å². The van der Waals surface area contributed by atoms with E-state index < -0.39 is 22.7 Å². The number of furan rings is 2. The zero-order chi connectivity index (χ0) is 21.9. The normalized spacial score (nSPS) is 11.0. The van der Waals surface area contributed by atoms with E-state index in [-0.39, 0.29) is 29.7 Å². The van der Waals surface area contributed by atoms with Crippen LogP contribution in [0.5, 0.6) is 0 Å². The van der Waals surface area contributed by atoms with E-state index in [9.17, 15) is 19.7 Å². The molecule has 0 aliphatic heterocycles. The molecule has 0 saturated carbocycles. The van der Waals surface area contributed by atoms with Crippen LogP contribution in [-0.2, 0) is 9.53 Å². The Morgan fingerprint density at radius 3 is 2.60 bits per heavy atom. The molecule has 0 unspecified atom stereocenters. The minimum absolute atomic E-state index is 0.0358. The van der Waals surface area contributed by atoms with Crippen LogP contribution >= 0.6 is 0 Å². The van der Waals surface area contributed by atoms with Crippen molar-refractivity contribution >= 4 is 35.5 Å². The van der Waals surface area contributed by atoms with Crippen LogP contribution in [0.25, 0.3) is 0 Å². The molecular weight excluding hydrogens is 394 g/mol. The summed E-state index contributed by atoms with van der Waals surface area (Å²) in [6, 6.07) is 3.88. The maximum Gasteiger partial charge on any atom is 0.433 e. The summed E-state index contributed by atoms with van der Waals surface area (Å²) >= 11 is 0. The number of nitro groups is 1. The van der Waals surface area contributed by atoms with Gasteiger partial charge in [0.2, 0.25) is 17.6 Å². The number of anilines is 1. The van der Waals surface area contributed by atoms with Crippen LogP contribution < -0.4 is 5.32 Å².